The summed E-state index contributed by atoms with van der Waals surface area (Å²) in [6, 6.07) is 15.7. The van der Waals surface area contributed by atoms with Crippen LogP contribution in [-0.4, -0.2) is 30.6 Å². The molecule has 0 saturated carbocycles. The van der Waals surface area contributed by atoms with Crippen molar-refractivity contribution < 1.29 is 9.59 Å². The van der Waals surface area contributed by atoms with E-state index in [0.29, 0.717) is 13.0 Å². The summed E-state index contributed by atoms with van der Waals surface area (Å²) in [6.07, 6.45) is 1.20. The van der Waals surface area contributed by atoms with Crippen LogP contribution in [0.25, 0.3) is 0 Å². The molecule has 4 rings (SSSR count). The number of carbonyl (C=O) groups is 2. The van der Waals surface area contributed by atoms with Gasteiger partial charge in [0.1, 0.15) is 0 Å². The number of carbonyl (C=O) groups excluding carboxylic acids is 2. The monoisotopic (exact) mass is 349 g/mol. The van der Waals surface area contributed by atoms with Crippen LogP contribution < -0.4 is 15.1 Å². The maximum atomic E-state index is 12.9. The van der Waals surface area contributed by atoms with Crippen molar-refractivity contribution in [3.05, 3.63) is 59.7 Å². The van der Waals surface area contributed by atoms with Crippen LogP contribution in [0.3, 0.4) is 0 Å². The molecule has 2 unspecified atom stereocenters. The third-order valence-electron chi connectivity index (χ3n) is 5.22. The van der Waals surface area contributed by atoms with E-state index in [9.17, 15) is 9.59 Å². The van der Waals surface area contributed by atoms with Crippen molar-refractivity contribution in [1.29, 1.82) is 0 Å². The van der Waals surface area contributed by atoms with Crippen molar-refractivity contribution in [2.75, 3.05) is 16.3 Å². The average molecular weight is 349 g/mol. The maximum Gasteiger partial charge on any atom is 0.322 e. The quantitative estimate of drug-likeness (QED) is 0.905. The molecule has 134 valence electrons. The third-order valence-corrected chi connectivity index (χ3v) is 5.22. The minimum Gasteiger partial charge on any atom is -0.333 e. The van der Waals surface area contributed by atoms with Gasteiger partial charge in [0.15, 0.2) is 0 Å². The largest absolute Gasteiger partial charge is 0.333 e. The maximum absolute atomic E-state index is 12.9. The van der Waals surface area contributed by atoms with E-state index in [1.54, 1.807) is 4.90 Å². The van der Waals surface area contributed by atoms with Gasteiger partial charge in [0.05, 0.1) is 6.04 Å². The Labute approximate surface area is 153 Å². The van der Waals surface area contributed by atoms with Crippen LogP contribution in [0.2, 0.25) is 0 Å². The van der Waals surface area contributed by atoms with Crippen LogP contribution in [0.5, 0.6) is 0 Å². The number of fused-ring (bicyclic) bond motifs is 1. The molecule has 0 radical (unpaired) electrons. The van der Waals surface area contributed by atoms with Gasteiger partial charge in [-0.2, -0.15) is 0 Å². The fourth-order valence-electron chi connectivity index (χ4n) is 3.90. The molecule has 2 heterocycles. The number of para-hydroxylation sites is 1. The predicted molar refractivity (Wildman–Crippen MR) is 103 cm³/mol. The number of urea groups is 1. The molecule has 3 amide bonds. The molecule has 1 N–H and O–H groups in total. The minimum absolute atomic E-state index is 0.0500. The van der Waals surface area contributed by atoms with Gasteiger partial charge in [-0.3, -0.25) is 9.69 Å². The molecule has 0 bridgehead atoms. The Morgan fingerprint density at radius 1 is 1.08 bits per heavy atom. The van der Waals surface area contributed by atoms with Crippen molar-refractivity contribution >= 4 is 23.3 Å². The van der Waals surface area contributed by atoms with Crippen LogP contribution in [0.15, 0.2) is 48.5 Å². The number of anilines is 2. The summed E-state index contributed by atoms with van der Waals surface area (Å²) in [5, 5.41) is 3.06. The Balaban J connectivity index is 1.46. The first-order chi connectivity index (χ1) is 12.5. The fourth-order valence-corrected chi connectivity index (χ4v) is 3.90. The molecule has 2 aliphatic rings. The minimum atomic E-state index is -0.170. The SMILES string of the molecule is Cc1ccc(N2CC(NC(=O)N3c4ccccc4CC3C)CC2=O)cc1. The van der Waals surface area contributed by atoms with Crippen molar-refractivity contribution in [1.82, 2.24) is 5.32 Å². The molecule has 0 spiro atoms. The molecule has 2 aromatic carbocycles. The average Bonchev–Trinajstić information content (AvgIpc) is 3.14. The first-order valence-corrected chi connectivity index (χ1v) is 9.07. The van der Waals surface area contributed by atoms with Crippen LogP contribution in [0.1, 0.15) is 24.5 Å². The number of rotatable bonds is 2. The molecule has 1 saturated heterocycles. The molecule has 2 aromatic rings. The summed E-state index contributed by atoms with van der Waals surface area (Å²) in [4.78, 5) is 28.8. The van der Waals surface area contributed by atoms with Crippen molar-refractivity contribution in [2.45, 2.75) is 38.8 Å². The van der Waals surface area contributed by atoms with E-state index < -0.39 is 0 Å². The highest BCUT2D eigenvalue weighted by molar-refractivity contribution is 5.99. The first kappa shape index (κ1) is 16.6. The number of benzene rings is 2. The number of hydrogen-bond acceptors (Lipinski definition) is 2. The topological polar surface area (TPSA) is 52.7 Å². The van der Waals surface area contributed by atoms with Gasteiger partial charge < -0.3 is 10.2 Å². The lowest BCUT2D eigenvalue weighted by molar-refractivity contribution is -0.117. The molecular weight excluding hydrogens is 326 g/mol. The zero-order valence-electron chi connectivity index (χ0n) is 15.1. The summed E-state index contributed by atoms with van der Waals surface area (Å²) < 4.78 is 0. The van der Waals surface area contributed by atoms with Gasteiger partial charge >= 0.3 is 6.03 Å². The van der Waals surface area contributed by atoms with Gasteiger partial charge in [-0.05, 0) is 44.0 Å². The van der Waals surface area contributed by atoms with Crippen molar-refractivity contribution in [2.24, 2.45) is 0 Å². The number of nitrogens with zero attached hydrogens (tertiary/aromatic N) is 2. The zero-order chi connectivity index (χ0) is 18.3. The molecule has 1 fully saturated rings. The molecule has 5 heteroatoms. The molecule has 0 aliphatic carbocycles. The van der Waals surface area contributed by atoms with Gasteiger partial charge in [0.2, 0.25) is 5.91 Å². The Morgan fingerprint density at radius 2 is 1.81 bits per heavy atom. The summed E-state index contributed by atoms with van der Waals surface area (Å²) in [5.41, 5.74) is 4.21. The highest BCUT2D eigenvalue weighted by atomic mass is 16.2. The van der Waals surface area contributed by atoms with Crippen molar-refractivity contribution in [3.8, 4) is 0 Å². The van der Waals surface area contributed by atoms with E-state index in [1.165, 1.54) is 5.56 Å². The van der Waals surface area contributed by atoms with E-state index in [0.717, 1.165) is 23.4 Å². The summed E-state index contributed by atoms with van der Waals surface area (Å²) in [5.74, 6) is 0.0500. The standard InChI is InChI=1S/C21H23N3O2/c1-14-7-9-18(10-8-14)23-13-17(12-20(23)25)22-21(26)24-15(2)11-16-5-3-4-6-19(16)24/h3-10,15,17H,11-13H2,1-2H3,(H,22,26). The number of nitrogens with one attached hydrogen (secondary N) is 1. The molecule has 0 aromatic heterocycles. The van der Waals surface area contributed by atoms with Gasteiger partial charge in [-0.25, -0.2) is 4.79 Å². The zero-order valence-corrected chi connectivity index (χ0v) is 15.1. The fraction of sp³-hybridized carbons (Fsp3) is 0.333. The molecular formula is C21H23N3O2. The first-order valence-electron chi connectivity index (χ1n) is 9.07. The number of amides is 3. The summed E-state index contributed by atoms with van der Waals surface area (Å²) >= 11 is 0. The molecule has 5 nitrogen and oxygen atoms in total. The van der Waals surface area contributed by atoms with Gasteiger partial charge in [-0.1, -0.05) is 35.9 Å². The Morgan fingerprint density at radius 3 is 2.58 bits per heavy atom. The second-order valence-corrected chi connectivity index (χ2v) is 7.24. The lowest BCUT2D eigenvalue weighted by Crippen LogP contribution is -2.48. The molecule has 26 heavy (non-hydrogen) atoms. The van der Waals surface area contributed by atoms with E-state index in [2.05, 4.69) is 18.3 Å². The number of hydrogen-bond donors (Lipinski definition) is 1. The number of aryl methyl sites for hydroxylation is 1. The van der Waals surface area contributed by atoms with Crippen molar-refractivity contribution in [3.63, 3.8) is 0 Å². The smallest absolute Gasteiger partial charge is 0.322 e. The van der Waals surface area contributed by atoms with Crippen LogP contribution in [0, 0.1) is 6.92 Å². The van der Waals surface area contributed by atoms with E-state index in [1.807, 2.05) is 54.3 Å². The van der Waals surface area contributed by atoms with Gasteiger partial charge in [0.25, 0.3) is 0 Å². The Hall–Kier alpha value is -2.82. The lowest BCUT2D eigenvalue weighted by atomic mass is 10.1. The summed E-state index contributed by atoms with van der Waals surface area (Å²) in [7, 11) is 0. The van der Waals surface area contributed by atoms with Crippen LogP contribution >= 0.6 is 0 Å². The van der Waals surface area contributed by atoms with Crippen LogP contribution in [0.4, 0.5) is 16.2 Å². The lowest BCUT2D eigenvalue weighted by Gasteiger charge is -2.25. The van der Waals surface area contributed by atoms with Gasteiger partial charge in [-0.15, -0.1) is 0 Å². The van der Waals surface area contributed by atoms with E-state index in [-0.39, 0.29) is 24.0 Å². The Kier molecular flexibility index (Phi) is 4.15. The Bertz CT molecular complexity index is 847. The second kappa shape index (κ2) is 6.48. The van der Waals surface area contributed by atoms with E-state index >= 15 is 0 Å². The summed E-state index contributed by atoms with van der Waals surface area (Å²) in [6.45, 7) is 4.59. The third kappa shape index (κ3) is 2.94. The van der Waals surface area contributed by atoms with E-state index in [4.69, 9.17) is 0 Å². The molecule has 2 aliphatic heterocycles. The van der Waals surface area contributed by atoms with Crippen LogP contribution in [-0.2, 0) is 11.2 Å². The highest BCUT2D eigenvalue weighted by Gasteiger charge is 2.35. The second-order valence-electron chi connectivity index (χ2n) is 7.24. The highest BCUT2D eigenvalue weighted by Crippen LogP contribution is 2.32. The predicted octanol–water partition coefficient (Wildman–Crippen LogP) is 3.26. The normalized spacial score (nSPS) is 21.8. The van der Waals surface area contributed by atoms with Gasteiger partial charge in [0, 0.05) is 30.4 Å². The molecule has 2 atom stereocenters.